The molecule has 11 heteroatoms. The van der Waals surface area contributed by atoms with E-state index >= 15 is 0 Å². The van der Waals surface area contributed by atoms with E-state index < -0.39 is 24.5 Å². The van der Waals surface area contributed by atoms with Gasteiger partial charge in [-0.3, -0.25) is 10.1 Å². The summed E-state index contributed by atoms with van der Waals surface area (Å²) in [6.45, 7) is 1.46. The van der Waals surface area contributed by atoms with E-state index in [-0.39, 0.29) is 6.54 Å². The van der Waals surface area contributed by atoms with Crippen LogP contribution in [0.5, 0.6) is 0 Å². The van der Waals surface area contributed by atoms with Crippen LogP contribution in [-0.4, -0.2) is 51.3 Å². The van der Waals surface area contributed by atoms with E-state index in [0.717, 1.165) is 20.8 Å². The lowest BCUT2D eigenvalue weighted by Gasteiger charge is -2.07. The number of esters is 1. The second kappa shape index (κ2) is 10.3. The first-order valence-corrected chi connectivity index (χ1v) is 9.98. The molecule has 0 aliphatic rings. The van der Waals surface area contributed by atoms with Gasteiger partial charge in [-0.2, -0.15) is 4.80 Å². The predicted octanol–water partition coefficient (Wildman–Crippen LogP) is 1.32. The minimum absolute atomic E-state index is 0.306. The van der Waals surface area contributed by atoms with Crippen LogP contribution < -0.4 is 10.6 Å². The van der Waals surface area contributed by atoms with Crippen molar-refractivity contribution in [3.63, 3.8) is 0 Å². The molecule has 0 spiro atoms. The molecule has 0 aliphatic heterocycles. The maximum Gasteiger partial charge on any atom is 0.330 e. The standard InChI is InChI=1S/C19H20N6O4S/c1-13-4-6-14(7-5-13)18-22-24-25(23-18)11-17(27)29-12-16(26)21-19(28)20-9-8-15-3-2-10-30-15/h2-7,10H,8-9,11-12H2,1H3,(H2,20,21,26,28). The van der Waals surface area contributed by atoms with E-state index in [2.05, 4.69) is 26.0 Å². The second-order valence-corrected chi connectivity index (χ2v) is 7.34. The third-order valence-corrected chi connectivity index (χ3v) is 4.82. The van der Waals surface area contributed by atoms with Crippen molar-refractivity contribution in [2.75, 3.05) is 13.2 Å². The first-order chi connectivity index (χ1) is 14.5. The van der Waals surface area contributed by atoms with Gasteiger partial charge in [0, 0.05) is 17.0 Å². The number of hydrogen-bond acceptors (Lipinski definition) is 8. The molecule has 0 aliphatic carbocycles. The van der Waals surface area contributed by atoms with E-state index in [0.29, 0.717) is 18.8 Å². The Morgan fingerprint density at radius 2 is 1.97 bits per heavy atom. The van der Waals surface area contributed by atoms with Crippen molar-refractivity contribution in [3.05, 3.63) is 52.2 Å². The van der Waals surface area contributed by atoms with Crippen molar-refractivity contribution in [1.29, 1.82) is 0 Å². The maximum absolute atomic E-state index is 11.9. The zero-order valence-electron chi connectivity index (χ0n) is 16.2. The average Bonchev–Trinajstić information content (AvgIpc) is 3.39. The van der Waals surface area contributed by atoms with E-state index in [1.54, 1.807) is 11.3 Å². The molecule has 0 fully saturated rings. The molecule has 0 atom stereocenters. The van der Waals surface area contributed by atoms with Gasteiger partial charge in [0.15, 0.2) is 13.2 Å². The SMILES string of the molecule is Cc1ccc(-c2nnn(CC(=O)OCC(=O)NC(=O)NCCc3cccs3)n2)cc1. The van der Waals surface area contributed by atoms with E-state index in [1.165, 1.54) is 0 Å². The number of rotatable bonds is 8. The molecule has 3 aromatic rings. The molecule has 0 unspecified atom stereocenters. The van der Waals surface area contributed by atoms with Gasteiger partial charge in [0.2, 0.25) is 5.82 Å². The molecule has 3 amide bonds. The lowest BCUT2D eigenvalue weighted by atomic mass is 10.1. The summed E-state index contributed by atoms with van der Waals surface area (Å²) in [5.41, 5.74) is 1.87. The zero-order chi connectivity index (χ0) is 21.3. The van der Waals surface area contributed by atoms with Crippen LogP contribution in [0, 0.1) is 6.92 Å². The summed E-state index contributed by atoms with van der Waals surface area (Å²) in [5, 5.41) is 18.4. The van der Waals surface area contributed by atoms with Crippen molar-refractivity contribution >= 4 is 29.2 Å². The Balaban J connectivity index is 1.36. The summed E-state index contributed by atoms with van der Waals surface area (Å²) in [6.07, 6.45) is 0.670. The molecule has 30 heavy (non-hydrogen) atoms. The van der Waals surface area contributed by atoms with Crippen molar-refractivity contribution in [3.8, 4) is 11.4 Å². The Labute approximate surface area is 176 Å². The number of aromatic nitrogens is 4. The lowest BCUT2D eigenvalue weighted by Crippen LogP contribution is -2.42. The van der Waals surface area contributed by atoms with Crippen LogP contribution in [0.1, 0.15) is 10.4 Å². The molecular formula is C19H20N6O4S. The summed E-state index contributed by atoms with van der Waals surface area (Å²) < 4.78 is 4.84. The summed E-state index contributed by atoms with van der Waals surface area (Å²) in [4.78, 5) is 37.5. The minimum Gasteiger partial charge on any atom is -0.454 e. The third-order valence-electron chi connectivity index (χ3n) is 3.89. The Bertz CT molecular complexity index is 1000. The number of urea groups is 1. The highest BCUT2D eigenvalue weighted by Gasteiger charge is 2.13. The summed E-state index contributed by atoms with van der Waals surface area (Å²) in [5.74, 6) is -1.08. The Hall–Kier alpha value is -3.60. The fourth-order valence-corrected chi connectivity index (χ4v) is 3.11. The van der Waals surface area contributed by atoms with Gasteiger partial charge in [-0.1, -0.05) is 35.9 Å². The van der Waals surface area contributed by atoms with E-state index in [4.69, 9.17) is 4.74 Å². The molecule has 0 saturated carbocycles. The third kappa shape index (κ3) is 6.48. The minimum atomic E-state index is -0.733. The van der Waals surface area contributed by atoms with Crippen molar-refractivity contribution < 1.29 is 19.1 Å². The van der Waals surface area contributed by atoms with Gasteiger partial charge in [0.05, 0.1) is 0 Å². The van der Waals surface area contributed by atoms with Gasteiger partial charge >= 0.3 is 12.0 Å². The van der Waals surface area contributed by atoms with Crippen molar-refractivity contribution in [2.24, 2.45) is 0 Å². The Morgan fingerprint density at radius 3 is 2.70 bits per heavy atom. The molecule has 3 rings (SSSR count). The number of carbonyl (C=O) groups excluding carboxylic acids is 3. The number of imide groups is 1. The Morgan fingerprint density at radius 1 is 1.17 bits per heavy atom. The topological polar surface area (TPSA) is 128 Å². The molecule has 0 bridgehead atoms. The molecule has 1 aromatic carbocycles. The van der Waals surface area contributed by atoms with Gasteiger partial charge in [-0.15, -0.1) is 21.5 Å². The van der Waals surface area contributed by atoms with Crippen molar-refractivity contribution in [2.45, 2.75) is 19.9 Å². The molecule has 2 heterocycles. The van der Waals surface area contributed by atoms with Gasteiger partial charge in [-0.05, 0) is 30.0 Å². The molecule has 0 saturated heterocycles. The number of nitrogens with one attached hydrogen (secondary N) is 2. The van der Waals surface area contributed by atoms with E-state index in [9.17, 15) is 14.4 Å². The molecular weight excluding hydrogens is 408 g/mol. The molecule has 156 valence electrons. The number of aryl methyl sites for hydroxylation is 1. The number of nitrogens with zero attached hydrogens (tertiary/aromatic N) is 4. The molecule has 2 aromatic heterocycles. The Kier molecular flexibility index (Phi) is 7.22. The normalized spacial score (nSPS) is 10.4. The zero-order valence-corrected chi connectivity index (χ0v) is 17.0. The number of ether oxygens (including phenoxy) is 1. The fraction of sp³-hybridized carbons (Fsp3) is 0.263. The number of tetrazole rings is 1. The van der Waals surface area contributed by atoms with Gasteiger partial charge in [-0.25, -0.2) is 9.59 Å². The lowest BCUT2D eigenvalue weighted by molar-refractivity contribution is -0.149. The number of hydrogen-bond donors (Lipinski definition) is 2. The van der Waals surface area contributed by atoms with Crippen molar-refractivity contribution in [1.82, 2.24) is 30.8 Å². The first kappa shape index (κ1) is 21.1. The average molecular weight is 428 g/mol. The first-order valence-electron chi connectivity index (χ1n) is 9.10. The molecule has 2 N–H and O–H groups in total. The highest BCUT2D eigenvalue weighted by Crippen LogP contribution is 2.13. The summed E-state index contributed by atoms with van der Waals surface area (Å²) in [6, 6.07) is 10.8. The highest BCUT2D eigenvalue weighted by molar-refractivity contribution is 7.09. The van der Waals surface area contributed by atoms with E-state index in [1.807, 2.05) is 48.7 Å². The fourth-order valence-electron chi connectivity index (χ4n) is 2.40. The van der Waals surface area contributed by atoms with Gasteiger partial charge in [0.25, 0.3) is 5.91 Å². The quantitative estimate of drug-likeness (QED) is 0.518. The van der Waals surface area contributed by atoms with Crippen LogP contribution >= 0.6 is 11.3 Å². The highest BCUT2D eigenvalue weighted by atomic mass is 32.1. The summed E-state index contributed by atoms with van der Waals surface area (Å²) in [7, 11) is 0. The maximum atomic E-state index is 11.9. The van der Waals surface area contributed by atoms with Gasteiger partial charge in [0.1, 0.15) is 0 Å². The van der Waals surface area contributed by atoms with Crippen LogP contribution in [0.25, 0.3) is 11.4 Å². The molecule has 10 nitrogen and oxygen atoms in total. The van der Waals surface area contributed by atoms with Gasteiger partial charge < -0.3 is 10.1 Å². The van der Waals surface area contributed by atoms with Crippen LogP contribution in [0.4, 0.5) is 4.79 Å². The monoisotopic (exact) mass is 428 g/mol. The van der Waals surface area contributed by atoms with Crippen LogP contribution in [0.3, 0.4) is 0 Å². The molecule has 0 radical (unpaired) electrons. The number of thiophene rings is 1. The van der Waals surface area contributed by atoms with Crippen LogP contribution in [0.15, 0.2) is 41.8 Å². The number of carbonyl (C=O) groups is 3. The second-order valence-electron chi connectivity index (χ2n) is 6.30. The number of amides is 3. The van der Waals surface area contributed by atoms with Crippen LogP contribution in [0.2, 0.25) is 0 Å². The number of benzene rings is 1. The largest absolute Gasteiger partial charge is 0.454 e. The smallest absolute Gasteiger partial charge is 0.330 e. The van der Waals surface area contributed by atoms with Crippen LogP contribution in [-0.2, 0) is 27.3 Å². The summed E-state index contributed by atoms with van der Waals surface area (Å²) >= 11 is 1.59. The predicted molar refractivity (Wildman–Crippen MR) is 109 cm³/mol.